The average Bonchev–Trinajstić information content (AvgIpc) is 0.719. The van der Waals surface area contributed by atoms with E-state index >= 15 is 28.8 Å². The molecule has 0 amide bonds. The Bertz CT molecular complexity index is 4850. The van der Waals surface area contributed by atoms with Gasteiger partial charge in [-0.1, -0.05) is 353 Å². The number of unbranched alkanes of at least 4 members (excludes halogenated alkanes) is 42. The fraction of sp³-hybridized carbons (Fsp3) is 0.545. The van der Waals surface area contributed by atoms with Crippen molar-refractivity contribution < 1.29 is 85.6 Å². The molecule has 0 aromatic heterocycles. The summed E-state index contributed by atoms with van der Waals surface area (Å²) in [6.45, 7) is 28.5. The van der Waals surface area contributed by atoms with Crippen molar-refractivity contribution in [2.75, 3.05) is 39.6 Å². The highest BCUT2D eigenvalue weighted by atomic mass is 16.6. The summed E-state index contributed by atoms with van der Waals surface area (Å²) in [5.41, 5.74) is 5.85. The number of carbonyl (C=O) groups is 6. The number of aryl methyl sites for hydroxylation is 6. The molecule has 0 aliphatic rings. The van der Waals surface area contributed by atoms with Crippen LogP contribution in [-0.4, -0.2) is 75.5 Å². The minimum absolute atomic E-state index is 0.189. The van der Waals surface area contributed by atoms with Gasteiger partial charge < -0.3 is 56.8 Å². The van der Waals surface area contributed by atoms with Crippen molar-refractivity contribution in [2.24, 2.45) is 0 Å². The number of carbonyl (C=O) groups excluding carboxylic acids is 6. The predicted octanol–water partition coefficient (Wildman–Crippen LogP) is 37.0. The van der Waals surface area contributed by atoms with Gasteiger partial charge >= 0.3 is 35.8 Å². The smallest absolute Gasteiger partial charge is 0.343 e. The second-order valence-electron chi connectivity index (χ2n) is 40.9. The van der Waals surface area contributed by atoms with Gasteiger partial charge in [0, 0.05) is 0 Å². The van der Waals surface area contributed by atoms with Gasteiger partial charge in [0.15, 0.2) is 34.5 Å². The van der Waals surface area contributed by atoms with E-state index in [9.17, 15) is 0 Å². The van der Waals surface area contributed by atoms with E-state index in [1.165, 1.54) is 193 Å². The van der Waals surface area contributed by atoms with Crippen molar-refractivity contribution in [1.82, 2.24) is 0 Å². The summed E-state index contributed by atoms with van der Waals surface area (Å²) in [6.07, 6.45) is 58.1. The van der Waals surface area contributed by atoms with Crippen LogP contribution in [0.3, 0.4) is 0 Å². The fourth-order valence-corrected chi connectivity index (χ4v) is 19.7. The summed E-state index contributed by atoms with van der Waals surface area (Å²) in [4.78, 5) is 93.5. The molecule has 0 N–H and O–H groups in total. The zero-order valence-corrected chi connectivity index (χ0v) is 93.6. The van der Waals surface area contributed by atoms with Crippen LogP contribution in [0.2, 0.25) is 0 Å². The van der Waals surface area contributed by atoms with E-state index in [1.54, 1.807) is 146 Å². The van der Waals surface area contributed by atoms with Crippen molar-refractivity contribution in [1.29, 1.82) is 0 Å². The summed E-state index contributed by atoms with van der Waals surface area (Å²) in [6, 6.07) is 41.0. The lowest BCUT2D eigenvalue weighted by molar-refractivity contribution is 0.0682. The number of ether oxygens (including phenoxy) is 12. The number of hydrogen-bond donors (Lipinski definition) is 0. The predicted molar refractivity (Wildman–Crippen MR) is 612 cm³/mol. The van der Waals surface area contributed by atoms with Crippen LogP contribution in [0.15, 0.2) is 146 Å². The van der Waals surface area contributed by atoms with E-state index in [2.05, 4.69) is 41.5 Å². The maximum absolute atomic E-state index is 15.6. The Hall–Kier alpha value is -11.4. The molecule has 0 unspecified atom stereocenters. The highest BCUT2D eigenvalue weighted by Crippen LogP contribution is 2.49. The molecule has 0 radical (unpaired) electrons. The lowest BCUT2D eigenvalue weighted by Crippen LogP contribution is -2.14. The molecule has 0 saturated carbocycles. The van der Waals surface area contributed by atoms with Gasteiger partial charge in [-0.2, -0.15) is 0 Å². The zero-order valence-electron chi connectivity index (χ0n) is 93.6. The normalized spacial score (nSPS) is 11.4. The van der Waals surface area contributed by atoms with Gasteiger partial charge in [0.2, 0.25) is 0 Å². The Kier molecular flexibility index (Phi) is 55.6. The Balaban J connectivity index is 1.18. The summed E-state index contributed by atoms with van der Waals surface area (Å²) < 4.78 is 79.2. The highest BCUT2D eigenvalue weighted by molar-refractivity contribution is 6.27. The second kappa shape index (κ2) is 69.2. The van der Waals surface area contributed by atoms with Gasteiger partial charge in [0.1, 0.15) is 34.5 Å². The number of esters is 6. The second-order valence-corrected chi connectivity index (χ2v) is 40.9. The monoisotopic (exact) mass is 2050 g/mol. The van der Waals surface area contributed by atoms with Crippen molar-refractivity contribution >= 4 is 68.1 Å². The third-order valence-corrected chi connectivity index (χ3v) is 28.9. The van der Waals surface area contributed by atoms with Gasteiger partial charge in [-0.3, -0.25) is 0 Å². The molecular formula is C132H180O18. The van der Waals surface area contributed by atoms with Crippen LogP contribution >= 0.6 is 0 Å². The van der Waals surface area contributed by atoms with Crippen LogP contribution in [0.5, 0.6) is 69.0 Å². The lowest BCUT2D eigenvalue weighted by atomic mass is 9.93. The van der Waals surface area contributed by atoms with E-state index in [0.717, 1.165) is 149 Å². The fourth-order valence-electron chi connectivity index (χ4n) is 19.7. The van der Waals surface area contributed by atoms with Crippen LogP contribution in [-0.2, 0) is 38.5 Å². The van der Waals surface area contributed by atoms with Gasteiger partial charge in [-0.25, -0.2) is 28.8 Å². The summed E-state index contributed by atoms with van der Waals surface area (Å²) in [5, 5.41) is 1.89. The Morgan fingerprint density at radius 2 is 0.267 bits per heavy atom. The van der Waals surface area contributed by atoms with E-state index in [1.807, 2.05) is 41.5 Å². The average molecular weight is 2050 g/mol. The first-order chi connectivity index (χ1) is 73.4. The molecule has 0 fully saturated rings. The molecule has 0 spiro atoms. The molecule has 18 nitrogen and oxygen atoms in total. The van der Waals surface area contributed by atoms with Crippen LogP contribution in [0.4, 0.5) is 0 Å². The Morgan fingerprint density at radius 3 is 0.387 bits per heavy atom. The van der Waals surface area contributed by atoms with Crippen molar-refractivity contribution in [3.05, 3.63) is 212 Å². The van der Waals surface area contributed by atoms with Gasteiger partial charge in [-0.15, -0.1) is 0 Å². The molecule has 0 saturated heterocycles. The summed E-state index contributed by atoms with van der Waals surface area (Å²) >= 11 is 0. The molecule has 10 aromatic carbocycles. The molecule has 0 heterocycles. The van der Waals surface area contributed by atoms with Gasteiger partial charge in [-0.05, 0) is 288 Å². The minimum Gasteiger partial charge on any atom is -0.493 e. The van der Waals surface area contributed by atoms with Gasteiger partial charge in [0.25, 0.3) is 0 Å². The molecule has 150 heavy (non-hydrogen) atoms. The molecule has 0 aliphatic heterocycles. The Labute approximate surface area is 899 Å². The molecular weight excluding hydrogens is 1870 g/mol. The van der Waals surface area contributed by atoms with E-state index in [4.69, 9.17) is 56.8 Å². The Morgan fingerprint density at radius 1 is 0.147 bits per heavy atom. The number of fused-ring (bicyclic) bond motifs is 6. The maximum Gasteiger partial charge on any atom is 0.343 e. The van der Waals surface area contributed by atoms with Crippen molar-refractivity contribution in [3.63, 3.8) is 0 Å². The maximum atomic E-state index is 15.6. The number of benzene rings is 10. The topological polar surface area (TPSA) is 213 Å². The van der Waals surface area contributed by atoms with Crippen LogP contribution in [0.1, 0.15) is 487 Å². The standard InChI is InChI=1S/C132H180O18/c1-13-25-31-37-43-49-55-61-79-139-115-73-67-103(85-97(115)19-7)127(133)145-121-91-109-110(92-122(121)146-128(134)104-68-74-116(98(20-8)86-104)140-80-62-56-50-44-38-32-26-14-2)112-94-124(148-130(136)106-70-76-118(100(22-10)88-106)142-82-64-58-52-46-40-34-28-16-4)126(150-132(138)108-72-78-120(102(24-12)90-108)144-84-66-60-54-48-42-36-30-18-6)96-114(112)113-95-125(149-131(137)107-71-77-119(101(23-11)89-107)143-83-65-59-53-47-41-35-29-17-5)123(93-111(109)113)147-129(135)105-69-75-117(99(21-9)87-105)141-81-63-57-51-45-39-33-27-15-3/h67-78,85-96H,13-66,79-84H2,1-12H3. The van der Waals surface area contributed by atoms with Crippen LogP contribution in [0.25, 0.3) is 32.3 Å². The molecule has 816 valence electrons. The lowest BCUT2D eigenvalue weighted by Gasteiger charge is -2.20. The SMILES string of the molecule is CCCCCCCCCCOc1ccc(C(=O)Oc2cc3c4cc(OC(=O)c5ccc(OCCCCCCCCCC)c(CC)c5)c(OC(=O)c5ccc(OCCCCCCCCCC)c(CC)c5)cc4c4cc(OC(=O)c5ccc(OCCCCCCCCCC)c(CC)c5)c(OC(=O)c5ccc(OCCCCCCCCCC)c(CC)c5)cc4c3cc2OC(=O)c2ccc(OCCCCCCCCCC)c(CC)c2)cc1CC. The summed E-state index contributed by atoms with van der Waals surface area (Å²) in [7, 11) is 0. The quantitative estimate of drug-likeness (QED) is 0.0150. The number of hydrogen-bond acceptors (Lipinski definition) is 18. The van der Waals surface area contributed by atoms with Crippen LogP contribution in [0, 0.1) is 0 Å². The van der Waals surface area contributed by atoms with Crippen molar-refractivity contribution in [3.8, 4) is 69.0 Å². The molecule has 10 aromatic rings. The highest BCUT2D eigenvalue weighted by Gasteiger charge is 2.30. The van der Waals surface area contributed by atoms with Crippen molar-refractivity contribution in [2.45, 2.75) is 430 Å². The first-order valence-electron chi connectivity index (χ1n) is 58.9. The molecule has 18 heteroatoms. The van der Waals surface area contributed by atoms with E-state index in [-0.39, 0.29) is 67.9 Å². The summed E-state index contributed by atoms with van der Waals surface area (Å²) in [5.74, 6) is -1.95. The largest absolute Gasteiger partial charge is 0.493 e. The molecule has 0 bridgehead atoms. The van der Waals surface area contributed by atoms with Crippen LogP contribution < -0.4 is 56.8 Å². The van der Waals surface area contributed by atoms with Gasteiger partial charge in [0.05, 0.1) is 73.0 Å². The third kappa shape index (κ3) is 39.4. The first-order valence-corrected chi connectivity index (χ1v) is 58.9. The zero-order chi connectivity index (χ0) is 107. The first kappa shape index (κ1) is 120. The van der Waals surface area contributed by atoms with E-state index in [0.29, 0.717) is 145 Å². The molecule has 10 rings (SSSR count). The molecule has 0 aliphatic carbocycles. The van der Waals surface area contributed by atoms with E-state index < -0.39 is 35.8 Å². The minimum atomic E-state index is -0.788. The molecule has 0 atom stereocenters. The third-order valence-electron chi connectivity index (χ3n) is 28.9. The number of rotatable bonds is 78.